The highest BCUT2D eigenvalue weighted by molar-refractivity contribution is 7.89. The number of hydrogen-bond donors (Lipinski definition) is 2. The van der Waals surface area contributed by atoms with Crippen LogP contribution in [0.15, 0.2) is 11.0 Å². The van der Waals surface area contributed by atoms with Crippen LogP contribution in [0.4, 0.5) is 0 Å². The molecule has 0 spiro atoms. The lowest BCUT2D eigenvalue weighted by atomic mass is 9.76. The average Bonchev–Trinajstić information content (AvgIpc) is 2.69. The van der Waals surface area contributed by atoms with Crippen LogP contribution >= 0.6 is 11.3 Å². The van der Waals surface area contributed by atoms with E-state index in [1.165, 1.54) is 17.8 Å². The smallest absolute Gasteiger partial charge is 0.241 e. The largest absolute Gasteiger partial charge is 0.315 e. The Hall–Kier alpha value is -0.470. The van der Waals surface area contributed by atoms with Crippen LogP contribution in [0.2, 0.25) is 0 Å². The summed E-state index contributed by atoms with van der Waals surface area (Å²) in [5.74, 6) is 0. The van der Waals surface area contributed by atoms with E-state index in [0.717, 1.165) is 22.6 Å². The van der Waals surface area contributed by atoms with E-state index in [2.05, 4.69) is 14.9 Å². The predicted molar refractivity (Wildman–Crippen MR) is 87.3 cm³/mol. The Balaban J connectivity index is 2.11. The van der Waals surface area contributed by atoms with Crippen LogP contribution in [0.5, 0.6) is 0 Å². The Kier molecular flexibility index (Phi) is 5.10. The summed E-state index contributed by atoms with van der Waals surface area (Å²) in [6, 6.07) is 1.78. The molecule has 120 valence electrons. The first-order valence-electron chi connectivity index (χ1n) is 7.22. The second kappa shape index (κ2) is 6.34. The molecular formula is C14H25N3O2S2. The Morgan fingerprint density at radius 2 is 2.05 bits per heavy atom. The topological polar surface area (TPSA) is 61.4 Å². The van der Waals surface area contributed by atoms with E-state index in [9.17, 15) is 8.42 Å². The molecule has 0 atom stereocenters. The molecule has 1 heterocycles. The molecule has 21 heavy (non-hydrogen) atoms. The SMILES string of the molecule is CNCc1cc(S(=O)(=O)NCC2(N(C)C)CCC2)c(C)s1. The molecule has 1 aromatic rings. The van der Waals surface area contributed by atoms with Crippen molar-refractivity contribution >= 4 is 21.4 Å². The molecule has 1 aliphatic carbocycles. The highest BCUT2D eigenvalue weighted by Gasteiger charge is 2.40. The second-order valence-electron chi connectivity index (χ2n) is 5.96. The van der Waals surface area contributed by atoms with Gasteiger partial charge >= 0.3 is 0 Å². The molecule has 5 nitrogen and oxygen atoms in total. The summed E-state index contributed by atoms with van der Waals surface area (Å²) >= 11 is 1.53. The van der Waals surface area contributed by atoms with Gasteiger partial charge in [0, 0.05) is 28.4 Å². The van der Waals surface area contributed by atoms with Gasteiger partial charge in [0.15, 0.2) is 0 Å². The van der Waals surface area contributed by atoms with Gasteiger partial charge < -0.3 is 10.2 Å². The lowest BCUT2D eigenvalue weighted by molar-refractivity contribution is 0.0657. The second-order valence-corrected chi connectivity index (χ2v) is 9.04. The first-order valence-corrected chi connectivity index (χ1v) is 9.52. The van der Waals surface area contributed by atoms with Crippen LogP contribution in [0.25, 0.3) is 0 Å². The predicted octanol–water partition coefficient (Wildman–Crippen LogP) is 1.54. The highest BCUT2D eigenvalue weighted by atomic mass is 32.2. The van der Waals surface area contributed by atoms with Crippen LogP contribution in [0.1, 0.15) is 29.0 Å². The Labute approximate surface area is 131 Å². The van der Waals surface area contributed by atoms with Gasteiger partial charge in [-0.2, -0.15) is 0 Å². The normalized spacial score (nSPS) is 18.0. The first-order chi connectivity index (χ1) is 9.81. The molecule has 0 radical (unpaired) electrons. The number of sulfonamides is 1. The average molecular weight is 332 g/mol. The van der Waals surface area contributed by atoms with E-state index in [4.69, 9.17) is 0 Å². The Morgan fingerprint density at radius 1 is 1.38 bits per heavy atom. The minimum atomic E-state index is -3.43. The number of rotatable bonds is 7. The van der Waals surface area contributed by atoms with Crippen LogP contribution in [-0.4, -0.2) is 46.5 Å². The van der Waals surface area contributed by atoms with Crippen molar-refractivity contribution in [2.75, 3.05) is 27.7 Å². The third-order valence-electron chi connectivity index (χ3n) is 4.39. The van der Waals surface area contributed by atoms with Crippen molar-refractivity contribution in [3.05, 3.63) is 15.8 Å². The van der Waals surface area contributed by atoms with E-state index >= 15 is 0 Å². The highest BCUT2D eigenvalue weighted by Crippen LogP contribution is 2.36. The number of likely N-dealkylation sites (N-methyl/N-ethyl adjacent to an activating group) is 1. The van der Waals surface area contributed by atoms with Crippen molar-refractivity contribution < 1.29 is 8.42 Å². The molecule has 0 bridgehead atoms. The van der Waals surface area contributed by atoms with Crippen LogP contribution in [-0.2, 0) is 16.6 Å². The molecule has 2 N–H and O–H groups in total. The summed E-state index contributed by atoms with van der Waals surface area (Å²) in [4.78, 5) is 4.46. The maximum absolute atomic E-state index is 12.5. The summed E-state index contributed by atoms with van der Waals surface area (Å²) in [7, 11) is 2.48. The summed E-state index contributed by atoms with van der Waals surface area (Å²) in [5.41, 5.74) is -0.00913. The van der Waals surface area contributed by atoms with Crippen molar-refractivity contribution in [1.82, 2.24) is 14.9 Å². The van der Waals surface area contributed by atoms with Crippen LogP contribution < -0.4 is 10.0 Å². The van der Waals surface area contributed by atoms with Gasteiger partial charge in [0.1, 0.15) is 0 Å². The Bertz CT molecular complexity index is 589. The fourth-order valence-electron chi connectivity index (χ4n) is 2.73. The lowest BCUT2D eigenvalue weighted by Crippen LogP contribution is -2.57. The van der Waals surface area contributed by atoms with Crippen molar-refractivity contribution in [3.8, 4) is 0 Å². The number of nitrogens with zero attached hydrogens (tertiary/aromatic N) is 1. The first kappa shape index (κ1) is 16.9. The van der Waals surface area contributed by atoms with Gasteiger partial charge in [-0.15, -0.1) is 11.3 Å². The fourth-order valence-corrected chi connectivity index (χ4v) is 5.49. The van der Waals surface area contributed by atoms with Gasteiger partial charge in [-0.3, -0.25) is 0 Å². The van der Waals surface area contributed by atoms with Gasteiger partial charge in [-0.05, 0) is 53.4 Å². The summed E-state index contributed by atoms with van der Waals surface area (Å²) in [6.45, 7) is 3.05. The van der Waals surface area contributed by atoms with Gasteiger partial charge in [0.25, 0.3) is 0 Å². The number of nitrogens with one attached hydrogen (secondary N) is 2. The molecule has 1 aliphatic rings. The van der Waals surface area contributed by atoms with Crippen molar-refractivity contribution in [2.45, 2.75) is 43.2 Å². The summed E-state index contributed by atoms with van der Waals surface area (Å²) in [5, 5.41) is 3.05. The standard InChI is InChI=1S/C14H25N3O2S2/c1-11-13(8-12(20-11)9-15-2)21(18,19)16-10-14(17(3)4)6-5-7-14/h8,15-16H,5-7,9-10H2,1-4H3. The molecule has 1 aromatic heterocycles. The molecule has 7 heteroatoms. The van der Waals surface area contributed by atoms with Gasteiger partial charge in [0.2, 0.25) is 10.0 Å². The van der Waals surface area contributed by atoms with Crippen molar-refractivity contribution in [3.63, 3.8) is 0 Å². The minimum Gasteiger partial charge on any atom is -0.315 e. The monoisotopic (exact) mass is 331 g/mol. The third kappa shape index (κ3) is 3.48. The molecule has 0 amide bonds. The quantitative estimate of drug-likeness (QED) is 0.796. The number of hydrogen-bond acceptors (Lipinski definition) is 5. The molecule has 0 aliphatic heterocycles. The molecule has 2 rings (SSSR count). The molecule has 0 saturated heterocycles. The Morgan fingerprint density at radius 3 is 2.52 bits per heavy atom. The van der Waals surface area contributed by atoms with E-state index < -0.39 is 10.0 Å². The van der Waals surface area contributed by atoms with E-state index in [-0.39, 0.29) is 5.54 Å². The van der Waals surface area contributed by atoms with E-state index in [1.54, 1.807) is 6.07 Å². The van der Waals surface area contributed by atoms with Crippen molar-refractivity contribution in [2.24, 2.45) is 0 Å². The fraction of sp³-hybridized carbons (Fsp3) is 0.714. The number of aryl methyl sites for hydroxylation is 1. The summed E-state index contributed by atoms with van der Waals surface area (Å²) < 4.78 is 27.9. The summed E-state index contributed by atoms with van der Waals surface area (Å²) in [6.07, 6.45) is 3.27. The molecule has 1 saturated carbocycles. The zero-order chi connectivity index (χ0) is 15.7. The number of thiophene rings is 1. The molecular weight excluding hydrogens is 306 g/mol. The maximum Gasteiger partial charge on any atom is 0.241 e. The van der Waals surface area contributed by atoms with E-state index in [1.807, 2.05) is 28.1 Å². The molecule has 0 unspecified atom stereocenters. The van der Waals surface area contributed by atoms with Crippen LogP contribution in [0, 0.1) is 6.92 Å². The zero-order valence-corrected chi connectivity index (χ0v) is 14.8. The maximum atomic E-state index is 12.5. The zero-order valence-electron chi connectivity index (χ0n) is 13.2. The van der Waals surface area contributed by atoms with Gasteiger partial charge in [-0.1, -0.05) is 0 Å². The molecule has 1 fully saturated rings. The minimum absolute atomic E-state index is 0.00913. The molecule has 0 aromatic carbocycles. The van der Waals surface area contributed by atoms with Gasteiger partial charge in [-0.25, -0.2) is 13.1 Å². The van der Waals surface area contributed by atoms with Gasteiger partial charge in [0.05, 0.1) is 4.90 Å². The van der Waals surface area contributed by atoms with Crippen molar-refractivity contribution in [1.29, 1.82) is 0 Å². The van der Waals surface area contributed by atoms with Crippen LogP contribution in [0.3, 0.4) is 0 Å². The lowest BCUT2D eigenvalue weighted by Gasteiger charge is -2.47. The van der Waals surface area contributed by atoms with E-state index in [0.29, 0.717) is 18.0 Å². The third-order valence-corrected chi connectivity index (χ3v) is 7.10.